The summed E-state index contributed by atoms with van der Waals surface area (Å²) in [6.07, 6.45) is 4.49. The van der Waals surface area contributed by atoms with Crippen molar-refractivity contribution in [1.82, 2.24) is 9.97 Å². The third-order valence-electron chi connectivity index (χ3n) is 6.77. The van der Waals surface area contributed by atoms with E-state index in [2.05, 4.69) is 9.97 Å². The highest BCUT2D eigenvalue weighted by molar-refractivity contribution is 6.12. The Labute approximate surface area is 226 Å². The Balaban J connectivity index is 1.27. The van der Waals surface area contributed by atoms with Crippen LogP contribution in [0.4, 0.5) is 17.3 Å². The van der Waals surface area contributed by atoms with E-state index in [1.54, 1.807) is 24.3 Å². The van der Waals surface area contributed by atoms with Gasteiger partial charge >= 0.3 is 5.97 Å². The molecule has 200 valence electrons. The Morgan fingerprint density at radius 3 is 2.69 bits per heavy atom. The first kappa shape index (κ1) is 26.0. The maximum atomic E-state index is 13.3. The Bertz CT molecular complexity index is 1530. The Morgan fingerprint density at radius 2 is 1.92 bits per heavy atom. The number of aliphatic carboxylic acids is 1. The fraction of sp³-hybridized carbons (Fsp3) is 0.267. The van der Waals surface area contributed by atoms with Crippen molar-refractivity contribution in [3.8, 4) is 17.1 Å². The molecule has 1 aliphatic rings. The Kier molecular flexibility index (Phi) is 7.31. The van der Waals surface area contributed by atoms with Crippen LogP contribution in [-0.4, -0.2) is 47.2 Å². The minimum atomic E-state index is -0.850. The summed E-state index contributed by atoms with van der Waals surface area (Å²) < 4.78 is 11.9. The molecule has 39 heavy (non-hydrogen) atoms. The van der Waals surface area contributed by atoms with Crippen LogP contribution in [0.2, 0.25) is 0 Å². The van der Waals surface area contributed by atoms with Gasteiger partial charge in [0, 0.05) is 44.4 Å². The molecular weight excluding hydrogens is 496 g/mol. The maximum absolute atomic E-state index is 13.3. The number of anilines is 3. The van der Waals surface area contributed by atoms with Gasteiger partial charge in [0.2, 0.25) is 0 Å². The molecule has 9 heteroatoms. The van der Waals surface area contributed by atoms with E-state index in [1.807, 2.05) is 67.3 Å². The van der Waals surface area contributed by atoms with E-state index < -0.39 is 5.97 Å². The normalized spacial score (nSPS) is 12.6. The topological polar surface area (TPSA) is 109 Å². The van der Waals surface area contributed by atoms with Crippen LogP contribution in [0.3, 0.4) is 0 Å². The fourth-order valence-electron chi connectivity index (χ4n) is 4.70. The lowest BCUT2D eigenvalue weighted by molar-refractivity contribution is -0.137. The first-order valence-electron chi connectivity index (χ1n) is 12.9. The predicted octanol–water partition coefficient (Wildman–Crippen LogP) is 5.43. The number of hydrogen-bond acceptors (Lipinski definition) is 7. The van der Waals surface area contributed by atoms with E-state index in [4.69, 9.17) is 14.3 Å². The van der Waals surface area contributed by atoms with E-state index in [1.165, 1.54) is 0 Å². The number of amides is 1. The standard InChI is InChI=1S/C30H30N4O5/c1-4-34-28-23(30(37)33(3)24-6-5-14-31-29(24)34)17-20(18-32-28)13-15-38-25-10-7-21(16-19(25)2)26-11-8-22(39-26)9-12-27(35)36/h5-8,10-11,14,16-18H,4,9,12-13,15H2,1-3H3,(H,35,36). The first-order valence-corrected chi connectivity index (χ1v) is 12.9. The number of benzene rings is 1. The predicted molar refractivity (Wildman–Crippen MR) is 148 cm³/mol. The number of aromatic nitrogens is 2. The number of carbonyl (C=O) groups excluding carboxylic acids is 1. The van der Waals surface area contributed by atoms with Gasteiger partial charge in [-0.2, -0.15) is 0 Å². The second kappa shape index (κ2) is 11.0. The van der Waals surface area contributed by atoms with Crippen molar-refractivity contribution < 1.29 is 23.8 Å². The zero-order valence-corrected chi connectivity index (χ0v) is 22.2. The number of aryl methyl sites for hydroxylation is 2. The fourth-order valence-corrected chi connectivity index (χ4v) is 4.70. The average Bonchev–Trinajstić information content (AvgIpc) is 3.39. The lowest BCUT2D eigenvalue weighted by Crippen LogP contribution is -2.25. The van der Waals surface area contributed by atoms with E-state index in [0.29, 0.717) is 54.7 Å². The van der Waals surface area contributed by atoms with Gasteiger partial charge in [-0.1, -0.05) is 0 Å². The molecule has 5 rings (SSSR count). The summed E-state index contributed by atoms with van der Waals surface area (Å²) in [7, 11) is 1.76. The minimum Gasteiger partial charge on any atom is -0.493 e. The summed E-state index contributed by atoms with van der Waals surface area (Å²) in [5.74, 6) is 2.43. The summed E-state index contributed by atoms with van der Waals surface area (Å²) in [5, 5.41) is 8.87. The van der Waals surface area contributed by atoms with E-state index in [-0.39, 0.29) is 12.3 Å². The largest absolute Gasteiger partial charge is 0.493 e. The number of furan rings is 1. The highest BCUT2D eigenvalue weighted by atomic mass is 16.5. The molecule has 1 N–H and O–H groups in total. The molecular formula is C30H30N4O5. The molecule has 1 aliphatic heterocycles. The summed E-state index contributed by atoms with van der Waals surface area (Å²) in [6.45, 7) is 5.03. The highest BCUT2D eigenvalue weighted by Crippen LogP contribution is 2.37. The molecule has 0 saturated heterocycles. The monoisotopic (exact) mass is 526 g/mol. The molecule has 0 saturated carbocycles. The van der Waals surface area contributed by atoms with Crippen LogP contribution in [0.15, 0.2) is 65.3 Å². The van der Waals surface area contributed by atoms with Crippen LogP contribution < -0.4 is 14.5 Å². The summed E-state index contributed by atoms with van der Waals surface area (Å²) in [4.78, 5) is 36.9. The summed E-state index contributed by atoms with van der Waals surface area (Å²) >= 11 is 0. The number of hydrogen-bond donors (Lipinski definition) is 1. The zero-order chi connectivity index (χ0) is 27.5. The van der Waals surface area contributed by atoms with Gasteiger partial charge in [0.25, 0.3) is 5.91 Å². The van der Waals surface area contributed by atoms with E-state index in [9.17, 15) is 9.59 Å². The van der Waals surface area contributed by atoms with E-state index in [0.717, 1.165) is 28.1 Å². The smallest absolute Gasteiger partial charge is 0.303 e. The van der Waals surface area contributed by atoms with Crippen molar-refractivity contribution in [3.63, 3.8) is 0 Å². The van der Waals surface area contributed by atoms with Crippen molar-refractivity contribution in [2.24, 2.45) is 0 Å². The van der Waals surface area contributed by atoms with Gasteiger partial charge in [-0.05, 0) is 73.5 Å². The summed E-state index contributed by atoms with van der Waals surface area (Å²) in [6, 6.07) is 15.1. The number of pyridine rings is 2. The van der Waals surface area contributed by atoms with Gasteiger partial charge in [-0.25, -0.2) is 9.97 Å². The third kappa shape index (κ3) is 5.34. The Hall–Kier alpha value is -4.66. The SMILES string of the molecule is CCN1c2ncc(CCOc3ccc(-c4ccc(CCC(=O)O)o4)cc3C)cc2C(=O)N(C)c2cccnc21. The van der Waals surface area contributed by atoms with Gasteiger partial charge in [0.15, 0.2) is 5.82 Å². The number of carboxylic acids is 1. The molecule has 0 aliphatic carbocycles. The number of fused-ring (bicyclic) bond motifs is 2. The van der Waals surface area contributed by atoms with Crippen LogP contribution in [0.5, 0.6) is 5.75 Å². The lowest BCUT2D eigenvalue weighted by atomic mass is 10.1. The molecule has 1 amide bonds. The number of nitrogens with zero attached hydrogens (tertiary/aromatic N) is 4. The molecule has 0 unspecified atom stereocenters. The molecule has 4 heterocycles. The number of rotatable bonds is 9. The van der Waals surface area contributed by atoms with Crippen molar-refractivity contribution >= 4 is 29.2 Å². The van der Waals surface area contributed by atoms with Gasteiger partial charge in [0.05, 0.1) is 24.3 Å². The average molecular weight is 527 g/mol. The van der Waals surface area contributed by atoms with Gasteiger partial charge < -0.3 is 24.1 Å². The number of carboxylic acid groups (broad SMARTS) is 1. The molecule has 1 aromatic carbocycles. The molecule has 0 bridgehead atoms. The molecule has 0 spiro atoms. The van der Waals surface area contributed by atoms with Gasteiger partial charge in [-0.3, -0.25) is 9.59 Å². The van der Waals surface area contributed by atoms with Gasteiger partial charge in [0.1, 0.15) is 23.1 Å². The van der Waals surface area contributed by atoms with Gasteiger partial charge in [-0.15, -0.1) is 0 Å². The molecule has 0 radical (unpaired) electrons. The maximum Gasteiger partial charge on any atom is 0.303 e. The quantitative estimate of drug-likeness (QED) is 0.307. The minimum absolute atomic E-state index is 0.0328. The van der Waals surface area contributed by atoms with Crippen LogP contribution >= 0.6 is 0 Å². The molecule has 0 fully saturated rings. The second-order valence-electron chi connectivity index (χ2n) is 9.41. The van der Waals surface area contributed by atoms with Crippen molar-refractivity contribution in [1.29, 1.82) is 0 Å². The van der Waals surface area contributed by atoms with Crippen LogP contribution in [0, 0.1) is 6.92 Å². The summed E-state index contributed by atoms with van der Waals surface area (Å²) in [5.41, 5.74) is 4.05. The zero-order valence-electron chi connectivity index (χ0n) is 22.2. The van der Waals surface area contributed by atoms with E-state index >= 15 is 0 Å². The molecule has 0 atom stereocenters. The van der Waals surface area contributed by atoms with Crippen LogP contribution in [-0.2, 0) is 17.6 Å². The third-order valence-corrected chi connectivity index (χ3v) is 6.77. The number of ether oxygens (including phenoxy) is 1. The molecule has 3 aromatic heterocycles. The first-order chi connectivity index (χ1) is 18.9. The van der Waals surface area contributed by atoms with Crippen molar-refractivity contribution in [2.75, 3.05) is 30.0 Å². The van der Waals surface area contributed by atoms with Crippen LogP contribution in [0.25, 0.3) is 11.3 Å². The second-order valence-corrected chi connectivity index (χ2v) is 9.41. The van der Waals surface area contributed by atoms with Crippen molar-refractivity contribution in [3.05, 3.63) is 83.4 Å². The highest BCUT2D eigenvalue weighted by Gasteiger charge is 2.30. The lowest BCUT2D eigenvalue weighted by Gasteiger charge is -2.22. The number of carbonyl (C=O) groups is 2. The molecule has 4 aromatic rings. The Morgan fingerprint density at radius 1 is 1.08 bits per heavy atom. The van der Waals surface area contributed by atoms with Crippen LogP contribution in [0.1, 0.15) is 40.6 Å². The molecule has 9 nitrogen and oxygen atoms in total. The van der Waals surface area contributed by atoms with Crippen molar-refractivity contribution in [2.45, 2.75) is 33.1 Å².